The maximum atomic E-state index is 13.1. The molecule has 1 heterocycles. The molecule has 3 aromatic carbocycles. The number of aryl methyl sites for hydroxylation is 1. The molecule has 1 unspecified atom stereocenters. The highest BCUT2D eigenvalue weighted by molar-refractivity contribution is 8.26. The van der Waals surface area contributed by atoms with Gasteiger partial charge in [0.2, 0.25) is 0 Å². The van der Waals surface area contributed by atoms with E-state index in [1.807, 2.05) is 55.5 Å². The lowest BCUT2D eigenvalue weighted by atomic mass is 10.1. The first-order valence-corrected chi connectivity index (χ1v) is 11.5. The molecule has 1 saturated heterocycles. The number of aliphatic carboxylic acids is 1. The van der Waals surface area contributed by atoms with Crippen LogP contribution in [-0.2, 0) is 16.2 Å². The second kappa shape index (κ2) is 10.0. The van der Waals surface area contributed by atoms with Crippen LogP contribution in [0.5, 0.6) is 5.75 Å². The summed E-state index contributed by atoms with van der Waals surface area (Å²) in [7, 11) is 0. The van der Waals surface area contributed by atoms with Gasteiger partial charge in [0.05, 0.1) is 4.91 Å². The molecule has 166 valence electrons. The van der Waals surface area contributed by atoms with E-state index in [-0.39, 0.29) is 4.32 Å². The zero-order chi connectivity index (χ0) is 23.4. The van der Waals surface area contributed by atoms with E-state index in [1.165, 1.54) is 10.5 Å². The Labute approximate surface area is 201 Å². The van der Waals surface area contributed by atoms with Crippen LogP contribution in [0.3, 0.4) is 0 Å². The van der Waals surface area contributed by atoms with Crippen molar-refractivity contribution in [1.82, 2.24) is 4.90 Å². The first kappa shape index (κ1) is 22.8. The van der Waals surface area contributed by atoms with Crippen LogP contribution in [0.15, 0.2) is 83.8 Å². The molecule has 0 radical (unpaired) electrons. The van der Waals surface area contributed by atoms with Crippen molar-refractivity contribution in [2.24, 2.45) is 0 Å². The van der Waals surface area contributed by atoms with Gasteiger partial charge in [-0.1, -0.05) is 96.3 Å². The van der Waals surface area contributed by atoms with Gasteiger partial charge in [-0.25, -0.2) is 4.79 Å². The summed E-state index contributed by atoms with van der Waals surface area (Å²) in [4.78, 5) is 26.6. The van der Waals surface area contributed by atoms with Gasteiger partial charge in [0.1, 0.15) is 16.7 Å². The minimum absolute atomic E-state index is 0.223. The smallest absolute Gasteiger partial charge is 0.331 e. The number of thiocarbonyl (C=S) groups is 1. The van der Waals surface area contributed by atoms with E-state index >= 15 is 0 Å². The lowest BCUT2D eigenvalue weighted by molar-refractivity contribution is -0.145. The highest BCUT2D eigenvalue weighted by Gasteiger charge is 2.41. The van der Waals surface area contributed by atoms with Crippen molar-refractivity contribution in [2.45, 2.75) is 19.6 Å². The molecule has 1 fully saturated rings. The van der Waals surface area contributed by atoms with Gasteiger partial charge in [-0.15, -0.1) is 0 Å². The quantitative estimate of drug-likeness (QED) is 0.354. The van der Waals surface area contributed by atoms with E-state index in [0.29, 0.717) is 17.1 Å². The third kappa shape index (κ3) is 5.32. The summed E-state index contributed by atoms with van der Waals surface area (Å²) >= 11 is 6.46. The number of nitrogens with zero attached hydrogens (tertiary/aromatic N) is 1. The van der Waals surface area contributed by atoms with Gasteiger partial charge in [-0.2, -0.15) is 0 Å². The molecule has 0 aromatic heterocycles. The molecule has 0 aliphatic carbocycles. The van der Waals surface area contributed by atoms with Crippen LogP contribution >= 0.6 is 24.0 Å². The molecular weight excluding hydrogens is 454 g/mol. The number of hydrogen-bond donors (Lipinski definition) is 1. The van der Waals surface area contributed by atoms with Crippen LogP contribution in [-0.4, -0.2) is 26.2 Å². The molecule has 1 N–H and O–H groups in total. The van der Waals surface area contributed by atoms with Gasteiger partial charge in [0, 0.05) is 0 Å². The van der Waals surface area contributed by atoms with Gasteiger partial charge < -0.3 is 9.84 Å². The summed E-state index contributed by atoms with van der Waals surface area (Å²) in [5, 5.41) is 9.78. The normalized spacial score (nSPS) is 15.7. The number of carboxylic acid groups (broad SMARTS) is 1. The van der Waals surface area contributed by atoms with Gasteiger partial charge in [-0.05, 0) is 41.8 Å². The number of carbonyl (C=O) groups excluding carboxylic acids is 1. The fourth-order valence-electron chi connectivity index (χ4n) is 3.40. The van der Waals surface area contributed by atoms with E-state index in [4.69, 9.17) is 17.0 Å². The molecular formula is C26H21NO4S2. The Bertz CT molecular complexity index is 1210. The van der Waals surface area contributed by atoms with Crippen LogP contribution in [0.25, 0.3) is 6.08 Å². The van der Waals surface area contributed by atoms with Gasteiger partial charge in [-0.3, -0.25) is 9.69 Å². The van der Waals surface area contributed by atoms with E-state index in [0.717, 1.165) is 28.6 Å². The van der Waals surface area contributed by atoms with Crippen LogP contribution in [0, 0.1) is 6.92 Å². The molecule has 1 atom stereocenters. The Balaban J connectivity index is 1.47. The minimum atomic E-state index is -1.16. The molecule has 33 heavy (non-hydrogen) atoms. The summed E-state index contributed by atoms with van der Waals surface area (Å²) in [5.74, 6) is -0.829. The molecule has 1 aliphatic heterocycles. The number of hydrogen-bond acceptors (Lipinski definition) is 5. The first-order valence-electron chi connectivity index (χ1n) is 10.3. The Morgan fingerprint density at radius 3 is 2.36 bits per heavy atom. The highest BCUT2D eigenvalue weighted by atomic mass is 32.2. The molecule has 0 bridgehead atoms. The van der Waals surface area contributed by atoms with Crippen molar-refractivity contribution in [2.75, 3.05) is 0 Å². The summed E-state index contributed by atoms with van der Waals surface area (Å²) in [5.41, 5.74) is 3.58. The predicted molar refractivity (Wildman–Crippen MR) is 134 cm³/mol. The zero-order valence-electron chi connectivity index (χ0n) is 17.8. The van der Waals surface area contributed by atoms with E-state index in [9.17, 15) is 14.7 Å². The van der Waals surface area contributed by atoms with Crippen molar-refractivity contribution in [1.29, 1.82) is 0 Å². The fourth-order valence-corrected chi connectivity index (χ4v) is 4.72. The summed E-state index contributed by atoms with van der Waals surface area (Å²) in [6.45, 7) is 2.51. The average Bonchev–Trinajstić information content (AvgIpc) is 3.08. The molecule has 0 saturated carbocycles. The second-order valence-corrected chi connectivity index (χ2v) is 9.22. The highest BCUT2D eigenvalue weighted by Crippen LogP contribution is 2.38. The van der Waals surface area contributed by atoms with Crippen molar-refractivity contribution in [3.63, 3.8) is 0 Å². The standard InChI is InChI=1S/C26H21NO4S2/c1-17-7-9-19(10-8-17)16-31-21-13-11-18(12-14-21)15-22-24(28)27(26(32)33-22)23(25(29)30)20-5-3-2-4-6-20/h2-15,23H,16H2,1H3,(H,29,30)/b22-15-. The molecule has 3 aromatic rings. The van der Waals surface area contributed by atoms with Gasteiger partial charge >= 0.3 is 5.97 Å². The summed E-state index contributed by atoms with van der Waals surface area (Å²) in [6, 6.07) is 23.0. The van der Waals surface area contributed by atoms with E-state index in [2.05, 4.69) is 0 Å². The van der Waals surface area contributed by atoms with Crippen molar-refractivity contribution < 1.29 is 19.4 Å². The topological polar surface area (TPSA) is 66.8 Å². The third-order valence-corrected chi connectivity index (χ3v) is 6.47. The fraction of sp³-hybridized carbons (Fsp3) is 0.115. The summed E-state index contributed by atoms with van der Waals surface area (Å²) < 4.78 is 6.05. The SMILES string of the molecule is Cc1ccc(COc2ccc(/C=C3\SC(=S)N(C(C(=O)O)c4ccccc4)C3=O)cc2)cc1. The van der Waals surface area contributed by atoms with Crippen LogP contribution < -0.4 is 4.74 Å². The second-order valence-electron chi connectivity index (χ2n) is 7.55. The maximum Gasteiger partial charge on any atom is 0.331 e. The zero-order valence-corrected chi connectivity index (χ0v) is 19.4. The van der Waals surface area contributed by atoms with Gasteiger partial charge in [0.25, 0.3) is 5.91 Å². The van der Waals surface area contributed by atoms with Crippen LogP contribution in [0.2, 0.25) is 0 Å². The van der Waals surface area contributed by atoms with E-state index < -0.39 is 17.9 Å². The molecule has 7 heteroatoms. The number of amides is 1. The number of benzene rings is 3. The number of rotatable bonds is 7. The lowest BCUT2D eigenvalue weighted by Gasteiger charge is -2.23. The molecule has 5 nitrogen and oxygen atoms in total. The number of carbonyl (C=O) groups is 2. The number of thioether (sulfide) groups is 1. The molecule has 0 spiro atoms. The Kier molecular flexibility index (Phi) is 6.91. The molecule has 1 aliphatic rings. The lowest BCUT2D eigenvalue weighted by Crippen LogP contribution is -2.37. The predicted octanol–water partition coefficient (Wildman–Crippen LogP) is 5.60. The Morgan fingerprint density at radius 2 is 1.73 bits per heavy atom. The van der Waals surface area contributed by atoms with Crippen molar-refractivity contribution in [3.05, 3.63) is 106 Å². The largest absolute Gasteiger partial charge is 0.489 e. The third-order valence-electron chi connectivity index (χ3n) is 5.13. The first-order chi connectivity index (χ1) is 15.9. The van der Waals surface area contributed by atoms with Crippen LogP contribution in [0.1, 0.15) is 28.3 Å². The monoisotopic (exact) mass is 475 g/mol. The van der Waals surface area contributed by atoms with Crippen LogP contribution in [0.4, 0.5) is 0 Å². The summed E-state index contributed by atoms with van der Waals surface area (Å²) in [6.07, 6.45) is 1.72. The van der Waals surface area contributed by atoms with E-state index in [1.54, 1.807) is 36.4 Å². The number of carboxylic acids is 1. The minimum Gasteiger partial charge on any atom is -0.489 e. The Morgan fingerprint density at radius 1 is 1.06 bits per heavy atom. The molecule has 4 rings (SSSR count). The maximum absolute atomic E-state index is 13.1. The number of ether oxygens (including phenoxy) is 1. The van der Waals surface area contributed by atoms with Gasteiger partial charge in [0.15, 0.2) is 6.04 Å². The average molecular weight is 476 g/mol. The Hall–Kier alpha value is -3.42. The van der Waals surface area contributed by atoms with Crippen molar-refractivity contribution in [3.8, 4) is 5.75 Å². The molecule has 1 amide bonds. The van der Waals surface area contributed by atoms with Crippen molar-refractivity contribution >= 4 is 46.3 Å².